The Morgan fingerprint density at radius 2 is 1.87 bits per heavy atom. The molecule has 0 fully saturated rings. The minimum absolute atomic E-state index is 0.311. The highest BCUT2D eigenvalue weighted by Gasteiger charge is 2.14. The van der Waals surface area contributed by atoms with Crippen molar-refractivity contribution in [3.05, 3.63) is 59.2 Å². The molecule has 0 radical (unpaired) electrons. The van der Waals surface area contributed by atoms with E-state index in [1.807, 2.05) is 50.4 Å². The van der Waals surface area contributed by atoms with Crippen LogP contribution in [0, 0.1) is 13.8 Å². The summed E-state index contributed by atoms with van der Waals surface area (Å²) in [5, 5.41) is 2.75. The maximum absolute atomic E-state index is 12.1. The van der Waals surface area contributed by atoms with E-state index in [0.29, 0.717) is 5.56 Å². The molecular weight excluding hydrogens is 310 g/mol. The number of anilines is 1. The van der Waals surface area contributed by atoms with Crippen LogP contribution in [0.4, 0.5) is 5.69 Å². The van der Waals surface area contributed by atoms with E-state index in [9.17, 15) is 9.59 Å². The fraction of sp³-hybridized carbons (Fsp3) is 0.222. The van der Waals surface area contributed by atoms with Gasteiger partial charge in [-0.3, -0.25) is 4.79 Å². The van der Waals surface area contributed by atoms with E-state index in [0.717, 1.165) is 21.7 Å². The average molecular weight is 329 g/mol. The van der Waals surface area contributed by atoms with Gasteiger partial charge in [-0.1, -0.05) is 29.8 Å². The fourth-order valence-electron chi connectivity index (χ4n) is 2.16. The molecule has 120 valence electrons. The molecule has 0 saturated carbocycles. The van der Waals surface area contributed by atoms with Crippen LogP contribution in [0.25, 0.3) is 0 Å². The lowest BCUT2D eigenvalue weighted by atomic mass is 10.1. The molecule has 0 aliphatic rings. The lowest BCUT2D eigenvalue weighted by Gasteiger charge is -2.10. The van der Waals surface area contributed by atoms with E-state index in [1.54, 1.807) is 12.1 Å². The van der Waals surface area contributed by atoms with Crippen LogP contribution >= 0.6 is 11.8 Å². The van der Waals surface area contributed by atoms with E-state index in [-0.39, 0.29) is 12.5 Å². The number of hydrogen-bond acceptors (Lipinski definition) is 4. The van der Waals surface area contributed by atoms with Gasteiger partial charge in [-0.25, -0.2) is 4.79 Å². The molecule has 0 heterocycles. The number of amides is 1. The van der Waals surface area contributed by atoms with E-state index in [2.05, 4.69) is 5.32 Å². The van der Waals surface area contributed by atoms with Crippen molar-refractivity contribution in [1.29, 1.82) is 0 Å². The topological polar surface area (TPSA) is 55.4 Å². The average Bonchev–Trinajstić information content (AvgIpc) is 2.55. The standard InChI is InChI=1S/C18H19NO3S/c1-12-8-9-15(13(2)10-12)19-17(20)11-22-18(21)14-6-4-5-7-16(14)23-3/h4-10H,11H2,1-3H3,(H,19,20). The minimum Gasteiger partial charge on any atom is -0.452 e. The van der Waals surface area contributed by atoms with Crippen molar-refractivity contribution >= 4 is 29.3 Å². The molecule has 2 aromatic carbocycles. The van der Waals surface area contributed by atoms with E-state index < -0.39 is 5.97 Å². The van der Waals surface area contributed by atoms with Crippen LogP contribution in [0.5, 0.6) is 0 Å². The highest BCUT2D eigenvalue weighted by molar-refractivity contribution is 7.98. The molecule has 0 atom stereocenters. The number of carbonyl (C=O) groups is 2. The lowest BCUT2D eigenvalue weighted by Crippen LogP contribution is -2.21. The summed E-state index contributed by atoms with van der Waals surface area (Å²) in [6, 6.07) is 12.9. The Hall–Kier alpha value is -2.27. The normalized spacial score (nSPS) is 10.2. The largest absolute Gasteiger partial charge is 0.452 e. The number of rotatable bonds is 5. The maximum atomic E-state index is 12.1. The molecule has 0 saturated heterocycles. The number of benzene rings is 2. The van der Waals surface area contributed by atoms with Crippen molar-refractivity contribution in [3.63, 3.8) is 0 Å². The first-order valence-electron chi connectivity index (χ1n) is 7.18. The SMILES string of the molecule is CSc1ccccc1C(=O)OCC(=O)Nc1ccc(C)cc1C. The molecule has 0 aliphatic heterocycles. The van der Waals surface area contributed by atoms with Gasteiger partial charge >= 0.3 is 5.97 Å². The van der Waals surface area contributed by atoms with Gasteiger partial charge in [-0.15, -0.1) is 11.8 Å². The Labute approximate surface area is 140 Å². The van der Waals surface area contributed by atoms with Crippen molar-refractivity contribution < 1.29 is 14.3 Å². The molecule has 0 spiro atoms. The summed E-state index contributed by atoms with van der Waals surface area (Å²) < 4.78 is 5.10. The molecule has 1 amide bonds. The van der Waals surface area contributed by atoms with Gasteiger partial charge in [-0.05, 0) is 43.9 Å². The Balaban J connectivity index is 1.95. The van der Waals surface area contributed by atoms with Crippen molar-refractivity contribution in [2.45, 2.75) is 18.7 Å². The first-order valence-corrected chi connectivity index (χ1v) is 8.41. The van der Waals surface area contributed by atoms with Crippen LogP contribution < -0.4 is 5.32 Å². The number of nitrogens with one attached hydrogen (secondary N) is 1. The summed E-state index contributed by atoms with van der Waals surface area (Å²) in [4.78, 5) is 24.8. The van der Waals surface area contributed by atoms with E-state index >= 15 is 0 Å². The summed E-state index contributed by atoms with van der Waals surface area (Å²) >= 11 is 1.46. The molecule has 0 unspecified atom stereocenters. The van der Waals surface area contributed by atoms with Crippen molar-refractivity contribution in [1.82, 2.24) is 0 Å². The van der Waals surface area contributed by atoms with Gasteiger partial charge in [0.1, 0.15) is 0 Å². The third-order valence-corrected chi connectivity index (χ3v) is 4.11. The van der Waals surface area contributed by atoms with Gasteiger partial charge in [-0.2, -0.15) is 0 Å². The molecule has 0 aliphatic carbocycles. The zero-order valence-corrected chi connectivity index (χ0v) is 14.2. The second-order valence-electron chi connectivity index (χ2n) is 5.14. The Morgan fingerprint density at radius 3 is 2.57 bits per heavy atom. The molecule has 5 heteroatoms. The quantitative estimate of drug-likeness (QED) is 0.669. The summed E-state index contributed by atoms with van der Waals surface area (Å²) in [6.45, 7) is 3.60. The number of aryl methyl sites for hydroxylation is 2. The Kier molecular flexibility index (Phi) is 5.82. The Bertz CT molecular complexity index is 728. The number of esters is 1. The van der Waals surface area contributed by atoms with Gasteiger partial charge in [0.15, 0.2) is 6.61 Å². The van der Waals surface area contributed by atoms with Crippen LogP contribution in [-0.2, 0) is 9.53 Å². The highest BCUT2D eigenvalue weighted by atomic mass is 32.2. The number of thioether (sulfide) groups is 1. The fourth-order valence-corrected chi connectivity index (χ4v) is 2.75. The van der Waals surface area contributed by atoms with Crippen LogP contribution in [0.3, 0.4) is 0 Å². The molecule has 0 aromatic heterocycles. The molecule has 1 N–H and O–H groups in total. The predicted molar refractivity (Wildman–Crippen MR) is 93.1 cm³/mol. The van der Waals surface area contributed by atoms with Crippen molar-refractivity contribution in [2.75, 3.05) is 18.2 Å². The van der Waals surface area contributed by atoms with Gasteiger partial charge in [0.05, 0.1) is 5.56 Å². The Morgan fingerprint density at radius 1 is 1.13 bits per heavy atom. The third-order valence-electron chi connectivity index (χ3n) is 3.32. The van der Waals surface area contributed by atoms with Crippen LogP contribution in [0.2, 0.25) is 0 Å². The first-order chi connectivity index (χ1) is 11.0. The van der Waals surface area contributed by atoms with Crippen LogP contribution in [0.1, 0.15) is 21.5 Å². The zero-order valence-electron chi connectivity index (χ0n) is 13.4. The lowest BCUT2D eigenvalue weighted by molar-refractivity contribution is -0.119. The van der Waals surface area contributed by atoms with E-state index in [4.69, 9.17) is 4.74 Å². The summed E-state index contributed by atoms with van der Waals surface area (Å²) in [7, 11) is 0. The zero-order chi connectivity index (χ0) is 16.8. The summed E-state index contributed by atoms with van der Waals surface area (Å²) in [5.74, 6) is -0.849. The van der Waals surface area contributed by atoms with Crippen molar-refractivity contribution in [3.8, 4) is 0 Å². The number of ether oxygens (including phenoxy) is 1. The molecule has 4 nitrogen and oxygen atoms in total. The first kappa shape index (κ1) is 17.1. The second-order valence-corrected chi connectivity index (χ2v) is 5.99. The third kappa shape index (κ3) is 4.60. The monoisotopic (exact) mass is 329 g/mol. The molecule has 2 rings (SSSR count). The summed E-state index contributed by atoms with van der Waals surface area (Å²) in [5.41, 5.74) is 3.29. The predicted octanol–water partition coefficient (Wildman–Crippen LogP) is 3.82. The number of carbonyl (C=O) groups excluding carboxylic acids is 2. The molecule has 2 aromatic rings. The molecular formula is C18H19NO3S. The van der Waals surface area contributed by atoms with Gasteiger partial charge in [0, 0.05) is 10.6 Å². The van der Waals surface area contributed by atoms with Crippen molar-refractivity contribution in [2.24, 2.45) is 0 Å². The van der Waals surface area contributed by atoms with Gasteiger partial charge in [0.25, 0.3) is 5.91 Å². The molecule has 23 heavy (non-hydrogen) atoms. The maximum Gasteiger partial charge on any atom is 0.339 e. The number of hydrogen-bond donors (Lipinski definition) is 1. The van der Waals surface area contributed by atoms with Crippen LogP contribution in [-0.4, -0.2) is 24.7 Å². The van der Waals surface area contributed by atoms with Gasteiger partial charge in [0.2, 0.25) is 0 Å². The second kappa shape index (κ2) is 7.83. The summed E-state index contributed by atoms with van der Waals surface area (Å²) in [6.07, 6.45) is 1.89. The minimum atomic E-state index is -0.495. The van der Waals surface area contributed by atoms with Gasteiger partial charge < -0.3 is 10.1 Å². The highest BCUT2D eigenvalue weighted by Crippen LogP contribution is 2.20. The van der Waals surface area contributed by atoms with E-state index in [1.165, 1.54) is 11.8 Å². The smallest absolute Gasteiger partial charge is 0.339 e. The van der Waals surface area contributed by atoms with Crippen LogP contribution in [0.15, 0.2) is 47.4 Å². The molecule has 0 bridgehead atoms.